The maximum absolute atomic E-state index is 12.4. The van der Waals surface area contributed by atoms with Crippen molar-refractivity contribution >= 4 is 34.9 Å². The molecule has 1 aromatic heterocycles. The lowest BCUT2D eigenvalue weighted by Gasteiger charge is -2.08. The molecular formula is C17H20N4O3S. The molecule has 0 radical (unpaired) electrons. The molecule has 8 heteroatoms. The molecule has 25 heavy (non-hydrogen) atoms. The number of aromatic amines is 1. The number of allylic oxidation sites excluding steroid dienone is 1. The number of rotatable bonds is 7. The Labute approximate surface area is 149 Å². The summed E-state index contributed by atoms with van der Waals surface area (Å²) in [5, 5.41) is 5.65. The van der Waals surface area contributed by atoms with Gasteiger partial charge in [0.25, 0.3) is 11.5 Å². The van der Waals surface area contributed by atoms with Gasteiger partial charge < -0.3 is 15.6 Å². The van der Waals surface area contributed by atoms with Crippen LogP contribution in [0, 0.1) is 4.77 Å². The van der Waals surface area contributed by atoms with Crippen molar-refractivity contribution in [3.8, 4) is 0 Å². The summed E-state index contributed by atoms with van der Waals surface area (Å²) in [7, 11) is 0. The second-order valence-electron chi connectivity index (χ2n) is 5.43. The largest absolute Gasteiger partial charge is 0.355 e. The first kappa shape index (κ1) is 18.6. The van der Waals surface area contributed by atoms with Gasteiger partial charge in [-0.05, 0) is 36.8 Å². The van der Waals surface area contributed by atoms with E-state index in [9.17, 15) is 14.4 Å². The van der Waals surface area contributed by atoms with E-state index in [1.54, 1.807) is 18.2 Å². The zero-order chi connectivity index (χ0) is 18.4. The Hall–Kier alpha value is -2.74. The first-order valence-corrected chi connectivity index (χ1v) is 8.31. The zero-order valence-electron chi connectivity index (χ0n) is 13.9. The van der Waals surface area contributed by atoms with Gasteiger partial charge in [-0.3, -0.25) is 19.0 Å². The molecule has 0 atom stereocenters. The molecule has 0 aliphatic rings. The van der Waals surface area contributed by atoms with E-state index in [1.807, 2.05) is 6.92 Å². The monoisotopic (exact) mass is 360 g/mol. The van der Waals surface area contributed by atoms with Crippen LogP contribution in [0.4, 0.5) is 0 Å². The average molecular weight is 360 g/mol. The molecule has 0 fully saturated rings. The summed E-state index contributed by atoms with van der Waals surface area (Å²) in [5.74, 6) is -0.647. The van der Waals surface area contributed by atoms with Gasteiger partial charge in [0.15, 0.2) is 4.77 Å². The van der Waals surface area contributed by atoms with Gasteiger partial charge >= 0.3 is 0 Å². The highest BCUT2D eigenvalue weighted by molar-refractivity contribution is 7.71. The lowest BCUT2D eigenvalue weighted by molar-refractivity contribution is -0.120. The Morgan fingerprint density at radius 1 is 1.36 bits per heavy atom. The van der Waals surface area contributed by atoms with E-state index in [2.05, 4.69) is 22.2 Å². The Morgan fingerprint density at radius 3 is 2.80 bits per heavy atom. The highest BCUT2D eigenvalue weighted by Crippen LogP contribution is 2.11. The SMILES string of the molecule is C=CCn1c(=S)[nH]c2cc(C(=O)NCC(=O)NCCC)ccc2c1=O. The molecule has 0 aliphatic heterocycles. The summed E-state index contributed by atoms with van der Waals surface area (Å²) >= 11 is 5.17. The third-order valence-corrected chi connectivity index (χ3v) is 3.86. The smallest absolute Gasteiger partial charge is 0.262 e. The van der Waals surface area contributed by atoms with Crippen LogP contribution in [0.3, 0.4) is 0 Å². The Morgan fingerprint density at radius 2 is 2.12 bits per heavy atom. The summed E-state index contributed by atoms with van der Waals surface area (Å²) in [6.07, 6.45) is 2.41. The van der Waals surface area contributed by atoms with Gasteiger partial charge in [-0.1, -0.05) is 13.0 Å². The van der Waals surface area contributed by atoms with E-state index in [0.717, 1.165) is 6.42 Å². The molecule has 2 amide bonds. The van der Waals surface area contributed by atoms with Crippen LogP contribution in [0.1, 0.15) is 23.7 Å². The summed E-state index contributed by atoms with van der Waals surface area (Å²) in [5.41, 5.74) is 0.560. The van der Waals surface area contributed by atoms with Crippen molar-refractivity contribution in [3.05, 3.63) is 51.5 Å². The minimum absolute atomic E-state index is 0.103. The molecule has 0 unspecified atom stereocenters. The van der Waals surface area contributed by atoms with Gasteiger partial charge in [0.1, 0.15) is 0 Å². The second-order valence-corrected chi connectivity index (χ2v) is 5.81. The lowest BCUT2D eigenvalue weighted by atomic mass is 10.1. The van der Waals surface area contributed by atoms with Gasteiger partial charge in [0.05, 0.1) is 17.4 Å². The minimum Gasteiger partial charge on any atom is -0.355 e. The van der Waals surface area contributed by atoms with E-state index < -0.39 is 5.91 Å². The number of aromatic nitrogens is 2. The quantitative estimate of drug-likeness (QED) is 0.515. The number of H-pyrrole nitrogens is 1. The topological polar surface area (TPSA) is 96.0 Å². The van der Waals surface area contributed by atoms with Crippen LogP contribution in [0.25, 0.3) is 10.9 Å². The highest BCUT2D eigenvalue weighted by atomic mass is 32.1. The fourth-order valence-electron chi connectivity index (χ4n) is 2.28. The summed E-state index contributed by atoms with van der Waals surface area (Å²) in [4.78, 5) is 39.1. The third kappa shape index (κ3) is 4.42. The van der Waals surface area contributed by atoms with Crippen LogP contribution in [0.15, 0.2) is 35.6 Å². The van der Waals surface area contributed by atoms with Crippen LogP contribution in [0.2, 0.25) is 0 Å². The number of fused-ring (bicyclic) bond motifs is 1. The third-order valence-electron chi connectivity index (χ3n) is 3.54. The van der Waals surface area contributed by atoms with Crippen LogP contribution >= 0.6 is 12.2 Å². The van der Waals surface area contributed by atoms with E-state index in [1.165, 1.54) is 10.6 Å². The number of carbonyl (C=O) groups is 2. The molecule has 3 N–H and O–H groups in total. The molecule has 7 nitrogen and oxygen atoms in total. The summed E-state index contributed by atoms with van der Waals surface area (Å²) < 4.78 is 1.65. The van der Waals surface area contributed by atoms with Crippen LogP contribution in [-0.2, 0) is 11.3 Å². The van der Waals surface area contributed by atoms with Gasteiger partial charge in [-0.25, -0.2) is 0 Å². The van der Waals surface area contributed by atoms with Gasteiger partial charge in [-0.15, -0.1) is 6.58 Å². The number of hydrogen-bond donors (Lipinski definition) is 3. The van der Waals surface area contributed by atoms with Gasteiger partial charge in [0.2, 0.25) is 5.91 Å². The van der Waals surface area contributed by atoms with Crippen molar-refractivity contribution in [1.82, 2.24) is 20.2 Å². The molecule has 0 spiro atoms. The number of nitrogens with zero attached hydrogens (tertiary/aromatic N) is 1. The molecule has 0 saturated heterocycles. The lowest BCUT2D eigenvalue weighted by Crippen LogP contribution is -2.37. The number of hydrogen-bond acceptors (Lipinski definition) is 4. The van der Waals surface area contributed by atoms with Crippen molar-refractivity contribution in [2.75, 3.05) is 13.1 Å². The minimum atomic E-state index is -0.400. The number of benzene rings is 1. The first-order valence-electron chi connectivity index (χ1n) is 7.90. The van der Waals surface area contributed by atoms with Crippen molar-refractivity contribution in [2.45, 2.75) is 19.9 Å². The molecule has 2 aromatic rings. The molecular weight excluding hydrogens is 340 g/mol. The van der Waals surface area contributed by atoms with Crippen LogP contribution < -0.4 is 16.2 Å². The van der Waals surface area contributed by atoms with Gasteiger partial charge in [0, 0.05) is 18.7 Å². The summed E-state index contributed by atoms with van der Waals surface area (Å²) in [6, 6.07) is 4.65. The Balaban J connectivity index is 2.23. The maximum atomic E-state index is 12.4. The molecule has 1 aromatic carbocycles. The average Bonchev–Trinajstić information content (AvgIpc) is 2.60. The number of amides is 2. The highest BCUT2D eigenvalue weighted by Gasteiger charge is 2.11. The summed E-state index contributed by atoms with van der Waals surface area (Å²) in [6.45, 7) is 6.32. The molecule has 1 heterocycles. The maximum Gasteiger partial charge on any atom is 0.262 e. The fraction of sp³-hybridized carbons (Fsp3) is 0.294. The van der Waals surface area contributed by atoms with Crippen LogP contribution in [0.5, 0.6) is 0 Å². The van der Waals surface area contributed by atoms with E-state index >= 15 is 0 Å². The Kier molecular flexibility index (Phi) is 6.24. The van der Waals surface area contributed by atoms with Crippen molar-refractivity contribution in [1.29, 1.82) is 0 Å². The van der Waals surface area contributed by atoms with Crippen molar-refractivity contribution in [3.63, 3.8) is 0 Å². The van der Waals surface area contributed by atoms with Crippen molar-refractivity contribution in [2.24, 2.45) is 0 Å². The molecule has 0 aliphatic carbocycles. The van der Waals surface area contributed by atoms with E-state index in [0.29, 0.717) is 29.6 Å². The molecule has 2 rings (SSSR count). The molecule has 0 saturated carbocycles. The Bertz CT molecular complexity index is 930. The predicted octanol–water partition coefficient (Wildman–Crippen LogP) is 1.50. The fourth-order valence-corrected chi connectivity index (χ4v) is 2.55. The van der Waals surface area contributed by atoms with E-state index in [4.69, 9.17) is 12.2 Å². The molecule has 0 bridgehead atoms. The van der Waals surface area contributed by atoms with E-state index in [-0.39, 0.29) is 22.8 Å². The van der Waals surface area contributed by atoms with Crippen molar-refractivity contribution < 1.29 is 9.59 Å². The zero-order valence-corrected chi connectivity index (χ0v) is 14.7. The number of nitrogens with one attached hydrogen (secondary N) is 3. The normalized spacial score (nSPS) is 10.4. The standard InChI is InChI=1S/C17H20N4O3S/c1-3-7-18-14(22)10-19-15(23)11-5-6-12-13(9-11)20-17(25)21(8-4-2)16(12)24/h4-6,9H,2-3,7-8,10H2,1H3,(H,18,22)(H,19,23)(H,20,25). The molecule has 132 valence electrons. The van der Waals surface area contributed by atoms with Gasteiger partial charge in [-0.2, -0.15) is 0 Å². The predicted molar refractivity (Wildman–Crippen MR) is 99.2 cm³/mol. The first-order chi connectivity index (χ1) is 12.0. The van der Waals surface area contributed by atoms with Crippen LogP contribution in [-0.4, -0.2) is 34.5 Å². The second kappa shape index (κ2) is 8.39. The number of carbonyl (C=O) groups excluding carboxylic acids is 2.